The van der Waals surface area contributed by atoms with Gasteiger partial charge in [0.05, 0.1) is 0 Å². The van der Waals surface area contributed by atoms with E-state index >= 15 is 0 Å². The summed E-state index contributed by atoms with van der Waals surface area (Å²) in [4.78, 5) is 11.5. The van der Waals surface area contributed by atoms with Crippen LogP contribution in [0.5, 0.6) is 0 Å². The van der Waals surface area contributed by atoms with Crippen LogP contribution in [-0.4, -0.2) is 5.91 Å². The number of nitrogens with one attached hydrogen (secondary N) is 1. The lowest BCUT2D eigenvalue weighted by Gasteiger charge is -1.95. The fraction of sp³-hybridized carbons (Fsp3) is 0.357. The van der Waals surface area contributed by atoms with Crippen molar-refractivity contribution in [3.05, 3.63) is 47.2 Å². The zero-order valence-electron chi connectivity index (χ0n) is 10.8. The third-order valence-corrected chi connectivity index (χ3v) is 2.03. The van der Waals surface area contributed by atoms with Crippen LogP contribution in [0.2, 0.25) is 0 Å². The van der Waals surface area contributed by atoms with E-state index in [0.29, 0.717) is 0 Å². The average molecular weight is 219 g/mol. The molecule has 0 spiro atoms. The van der Waals surface area contributed by atoms with Gasteiger partial charge in [0.15, 0.2) is 0 Å². The summed E-state index contributed by atoms with van der Waals surface area (Å²) in [5.41, 5.74) is 2.60. The van der Waals surface area contributed by atoms with E-state index in [0.717, 1.165) is 16.8 Å². The van der Waals surface area contributed by atoms with Gasteiger partial charge in [0.2, 0.25) is 0 Å². The minimum absolute atomic E-state index is 0.0197. The van der Waals surface area contributed by atoms with Crippen LogP contribution in [0.25, 0.3) is 0 Å². The van der Waals surface area contributed by atoms with Crippen molar-refractivity contribution < 1.29 is 4.79 Å². The molecule has 1 N–H and O–H groups in total. The molecule has 0 aromatic heterocycles. The van der Waals surface area contributed by atoms with Gasteiger partial charge in [-0.25, -0.2) is 0 Å². The molecule has 0 aliphatic carbocycles. The second-order valence-corrected chi connectivity index (χ2v) is 2.98. The first-order valence-electron chi connectivity index (χ1n) is 5.72. The molecule has 0 atom stereocenters. The lowest BCUT2D eigenvalue weighted by molar-refractivity contribution is -0.116. The fourth-order valence-electron chi connectivity index (χ4n) is 1.46. The number of amides is 1. The highest BCUT2D eigenvalue weighted by molar-refractivity contribution is 6.03. The van der Waals surface area contributed by atoms with Crippen LogP contribution in [0.1, 0.15) is 34.6 Å². The molecule has 0 saturated carbocycles. The van der Waals surface area contributed by atoms with Crippen molar-refractivity contribution in [2.45, 2.75) is 34.6 Å². The molecular weight excluding hydrogens is 198 g/mol. The topological polar surface area (TPSA) is 29.1 Å². The van der Waals surface area contributed by atoms with Crippen LogP contribution in [0.3, 0.4) is 0 Å². The Morgan fingerprint density at radius 1 is 1.00 bits per heavy atom. The van der Waals surface area contributed by atoms with Gasteiger partial charge in [0, 0.05) is 16.8 Å². The van der Waals surface area contributed by atoms with E-state index in [1.165, 1.54) is 0 Å². The summed E-state index contributed by atoms with van der Waals surface area (Å²) < 4.78 is 0. The summed E-state index contributed by atoms with van der Waals surface area (Å²) in [6, 6.07) is 0. The zero-order chi connectivity index (χ0) is 12.6. The van der Waals surface area contributed by atoms with Gasteiger partial charge < -0.3 is 5.32 Å². The molecule has 2 heteroatoms. The molecule has 0 bridgehead atoms. The molecule has 0 fully saturated rings. The second kappa shape index (κ2) is 7.69. The molecule has 1 aliphatic heterocycles. The number of hydrogen-bond acceptors (Lipinski definition) is 1. The largest absolute Gasteiger partial charge is 0.321 e. The maximum absolute atomic E-state index is 11.5. The first-order valence-corrected chi connectivity index (χ1v) is 5.72. The van der Waals surface area contributed by atoms with Crippen molar-refractivity contribution in [2.75, 3.05) is 0 Å². The molecule has 0 saturated heterocycles. The van der Waals surface area contributed by atoms with E-state index in [2.05, 4.69) is 5.32 Å². The standard InChI is InChI=1S/C12H15NO.C2H6/c1-4-7-10-9(6-3)12(14)13-11(10)8-5-2;1-2/h4-8H,1-3H3,(H,13,14);1-2H3/b7-4-,8-5-,9-6+;. The van der Waals surface area contributed by atoms with Gasteiger partial charge in [0.1, 0.15) is 0 Å². The highest BCUT2D eigenvalue weighted by Gasteiger charge is 2.22. The van der Waals surface area contributed by atoms with Crippen molar-refractivity contribution in [1.29, 1.82) is 0 Å². The second-order valence-electron chi connectivity index (χ2n) is 2.98. The fourth-order valence-corrected chi connectivity index (χ4v) is 1.46. The third-order valence-electron chi connectivity index (χ3n) is 2.03. The Morgan fingerprint density at radius 3 is 2.00 bits per heavy atom. The van der Waals surface area contributed by atoms with E-state index in [4.69, 9.17) is 0 Å². The molecule has 0 radical (unpaired) electrons. The minimum atomic E-state index is -0.0197. The summed E-state index contributed by atoms with van der Waals surface area (Å²) in [6.45, 7) is 9.74. The van der Waals surface area contributed by atoms with Crippen molar-refractivity contribution in [3.63, 3.8) is 0 Å². The van der Waals surface area contributed by atoms with E-state index in [1.54, 1.807) is 0 Å². The van der Waals surface area contributed by atoms with Crippen molar-refractivity contribution in [3.8, 4) is 0 Å². The van der Waals surface area contributed by atoms with Crippen molar-refractivity contribution in [2.24, 2.45) is 0 Å². The minimum Gasteiger partial charge on any atom is -0.321 e. The first kappa shape index (κ1) is 14.4. The van der Waals surface area contributed by atoms with Gasteiger partial charge in [-0.2, -0.15) is 0 Å². The number of carbonyl (C=O) groups is 1. The monoisotopic (exact) mass is 219 g/mol. The van der Waals surface area contributed by atoms with Crippen LogP contribution in [0.4, 0.5) is 0 Å². The molecule has 0 aromatic carbocycles. The maximum atomic E-state index is 11.5. The molecule has 16 heavy (non-hydrogen) atoms. The highest BCUT2D eigenvalue weighted by atomic mass is 16.1. The molecular formula is C14H21NO. The summed E-state index contributed by atoms with van der Waals surface area (Å²) in [5, 5.41) is 2.83. The Hall–Kier alpha value is -1.57. The lowest BCUT2D eigenvalue weighted by atomic mass is 10.1. The number of rotatable bonds is 2. The Labute approximate surface area is 98.4 Å². The predicted octanol–water partition coefficient (Wildman–Crippen LogP) is 3.50. The van der Waals surface area contributed by atoms with E-state index < -0.39 is 0 Å². The van der Waals surface area contributed by atoms with Gasteiger partial charge >= 0.3 is 0 Å². The SMILES string of the molecule is C/C=C\C1=C(/C=C\C)C(=C\C)/C(=O)N1.CC. The van der Waals surface area contributed by atoms with Gasteiger partial charge in [-0.3, -0.25) is 4.79 Å². The Bertz CT molecular complexity index is 357. The van der Waals surface area contributed by atoms with Crippen LogP contribution in [-0.2, 0) is 4.79 Å². The molecule has 0 unspecified atom stereocenters. The van der Waals surface area contributed by atoms with Crippen LogP contribution in [0, 0.1) is 0 Å². The first-order chi connectivity index (χ1) is 7.74. The summed E-state index contributed by atoms with van der Waals surface area (Å²) >= 11 is 0. The van der Waals surface area contributed by atoms with Gasteiger partial charge in [-0.1, -0.05) is 38.2 Å². The summed E-state index contributed by atoms with van der Waals surface area (Å²) in [6.07, 6.45) is 9.54. The molecule has 2 nitrogen and oxygen atoms in total. The normalized spacial score (nSPS) is 18.3. The Balaban J connectivity index is 0.00000106. The molecule has 0 aromatic rings. The van der Waals surface area contributed by atoms with Crippen LogP contribution < -0.4 is 5.32 Å². The van der Waals surface area contributed by atoms with Gasteiger partial charge in [0.25, 0.3) is 5.91 Å². The maximum Gasteiger partial charge on any atom is 0.256 e. The third kappa shape index (κ3) is 3.23. The summed E-state index contributed by atoms with van der Waals surface area (Å²) in [5.74, 6) is -0.0197. The summed E-state index contributed by atoms with van der Waals surface area (Å²) in [7, 11) is 0. The number of allylic oxidation sites excluding steroid dienone is 5. The molecule has 1 aliphatic rings. The van der Waals surface area contributed by atoms with E-state index in [1.807, 2.05) is 65.0 Å². The molecule has 88 valence electrons. The molecule has 1 heterocycles. The number of hydrogen-bond donors (Lipinski definition) is 1. The van der Waals surface area contributed by atoms with Gasteiger partial charge in [-0.15, -0.1) is 0 Å². The van der Waals surface area contributed by atoms with Crippen LogP contribution in [0.15, 0.2) is 47.2 Å². The van der Waals surface area contributed by atoms with E-state index in [9.17, 15) is 4.79 Å². The smallest absolute Gasteiger partial charge is 0.256 e. The average Bonchev–Trinajstić information content (AvgIpc) is 2.59. The molecule has 1 amide bonds. The quantitative estimate of drug-likeness (QED) is 0.708. The van der Waals surface area contributed by atoms with Crippen molar-refractivity contribution in [1.82, 2.24) is 5.32 Å². The van der Waals surface area contributed by atoms with E-state index in [-0.39, 0.29) is 5.91 Å². The molecule has 1 rings (SSSR count). The van der Waals surface area contributed by atoms with Crippen molar-refractivity contribution >= 4 is 5.91 Å². The van der Waals surface area contributed by atoms with Gasteiger partial charge in [-0.05, 0) is 26.8 Å². The number of carbonyl (C=O) groups excluding carboxylic acids is 1. The zero-order valence-corrected chi connectivity index (χ0v) is 10.8. The predicted molar refractivity (Wildman–Crippen MR) is 69.9 cm³/mol. The Kier molecular flexibility index (Phi) is 6.93. The van der Waals surface area contributed by atoms with Crippen LogP contribution >= 0.6 is 0 Å². The Morgan fingerprint density at radius 2 is 1.56 bits per heavy atom. The lowest BCUT2D eigenvalue weighted by Crippen LogP contribution is -2.15. The highest BCUT2D eigenvalue weighted by Crippen LogP contribution is 2.22.